The van der Waals surface area contributed by atoms with Crippen molar-refractivity contribution in [3.05, 3.63) is 41.7 Å². The lowest BCUT2D eigenvalue weighted by Crippen LogP contribution is -2.13. The van der Waals surface area contributed by atoms with Crippen molar-refractivity contribution in [1.82, 2.24) is 9.78 Å². The Morgan fingerprint density at radius 2 is 1.89 bits per heavy atom. The van der Waals surface area contributed by atoms with E-state index in [0.29, 0.717) is 0 Å². The van der Waals surface area contributed by atoms with Crippen molar-refractivity contribution in [2.75, 3.05) is 0 Å². The Morgan fingerprint density at radius 1 is 1.26 bits per heavy atom. The van der Waals surface area contributed by atoms with E-state index in [1.165, 1.54) is 11.3 Å². The highest BCUT2D eigenvalue weighted by Gasteiger charge is 2.19. The SMILES string of the molecule is CCc1c(-c2ccc(C(C)(C)C#N)cc2)cnn1C. The molecule has 2 rings (SSSR count). The number of hydrogen-bond acceptors (Lipinski definition) is 2. The first-order valence-corrected chi connectivity index (χ1v) is 6.52. The predicted molar refractivity (Wildman–Crippen MR) is 76.7 cm³/mol. The van der Waals surface area contributed by atoms with Gasteiger partial charge in [0.1, 0.15) is 0 Å². The summed E-state index contributed by atoms with van der Waals surface area (Å²) in [5.41, 5.74) is 4.16. The molecule has 3 nitrogen and oxygen atoms in total. The van der Waals surface area contributed by atoms with Gasteiger partial charge in [-0.25, -0.2) is 0 Å². The van der Waals surface area contributed by atoms with E-state index in [9.17, 15) is 0 Å². The Morgan fingerprint density at radius 3 is 2.42 bits per heavy atom. The molecule has 0 bridgehead atoms. The monoisotopic (exact) mass is 253 g/mol. The summed E-state index contributed by atoms with van der Waals surface area (Å²) in [6.45, 7) is 6.00. The van der Waals surface area contributed by atoms with E-state index in [4.69, 9.17) is 5.26 Å². The van der Waals surface area contributed by atoms with E-state index in [-0.39, 0.29) is 0 Å². The minimum Gasteiger partial charge on any atom is -0.272 e. The van der Waals surface area contributed by atoms with Crippen LogP contribution < -0.4 is 0 Å². The van der Waals surface area contributed by atoms with Crippen molar-refractivity contribution in [3.63, 3.8) is 0 Å². The largest absolute Gasteiger partial charge is 0.272 e. The lowest BCUT2D eigenvalue weighted by Gasteiger charge is -2.16. The maximum absolute atomic E-state index is 9.16. The third-order valence-electron chi connectivity index (χ3n) is 3.59. The fraction of sp³-hybridized carbons (Fsp3) is 0.375. The standard InChI is InChI=1S/C16H19N3/c1-5-15-14(10-18-19(15)4)12-6-8-13(9-7-12)16(2,3)11-17/h6-10H,5H2,1-4H3. The van der Waals surface area contributed by atoms with Crippen molar-refractivity contribution < 1.29 is 0 Å². The first kappa shape index (κ1) is 13.4. The Kier molecular flexibility index (Phi) is 3.44. The van der Waals surface area contributed by atoms with Gasteiger partial charge in [0.15, 0.2) is 0 Å². The molecule has 0 saturated carbocycles. The lowest BCUT2D eigenvalue weighted by atomic mass is 9.85. The van der Waals surface area contributed by atoms with Crippen LogP contribution in [0, 0.1) is 11.3 Å². The summed E-state index contributed by atoms with van der Waals surface area (Å²) in [6.07, 6.45) is 2.86. The molecule has 0 unspecified atom stereocenters. The topological polar surface area (TPSA) is 41.6 Å². The predicted octanol–water partition coefficient (Wildman–Crippen LogP) is 3.45. The second-order valence-corrected chi connectivity index (χ2v) is 5.30. The van der Waals surface area contributed by atoms with Crippen LogP contribution in [0.3, 0.4) is 0 Å². The minimum absolute atomic E-state index is 0.443. The van der Waals surface area contributed by atoms with Crippen LogP contribution >= 0.6 is 0 Å². The average Bonchev–Trinajstić information content (AvgIpc) is 2.80. The minimum atomic E-state index is -0.443. The van der Waals surface area contributed by atoms with Gasteiger partial charge in [-0.15, -0.1) is 0 Å². The molecule has 2 aromatic rings. The van der Waals surface area contributed by atoms with Crippen LogP contribution in [0.5, 0.6) is 0 Å². The molecule has 0 saturated heterocycles. The number of aromatic nitrogens is 2. The second kappa shape index (κ2) is 4.89. The van der Waals surface area contributed by atoms with Crippen molar-refractivity contribution in [3.8, 4) is 17.2 Å². The smallest absolute Gasteiger partial charge is 0.0766 e. The summed E-state index contributed by atoms with van der Waals surface area (Å²) in [7, 11) is 1.97. The van der Waals surface area contributed by atoms with Gasteiger partial charge in [0, 0.05) is 18.3 Å². The van der Waals surface area contributed by atoms with E-state index in [1.54, 1.807) is 0 Å². The molecule has 0 aliphatic heterocycles. The van der Waals surface area contributed by atoms with Gasteiger partial charge in [0.25, 0.3) is 0 Å². The Bertz CT molecular complexity index is 612. The molecule has 0 amide bonds. The molecule has 1 aromatic carbocycles. The summed E-state index contributed by atoms with van der Waals surface area (Å²) in [4.78, 5) is 0. The zero-order chi connectivity index (χ0) is 14.0. The summed E-state index contributed by atoms with van der Waals surface area (Å²) in [5, 5.41) is 13.5. The van der Waals surface area contributed by atoms with E-state index < -0.39 is 5.41 Å². The molecule has 0 N–H and O–H groups in total. The van der Waals surface area contributed by atoms with Gasteiger partial charge in [0.05, 0.1) is 17.7 Å². The van der Waals surface area contributed by atoms with Crippen LogP contribution in [0.4, 0.5) is 0 Å². The number of nitriles is 1. The second-order valence-electron chi connectivity index (χ2n) is 5.30. The Hall–Kier alpha value is -2.08. The van der Waals surface area contributed by atoms with Gasteiger partial charge >= 0.3 is 0 Å². The summed E-state index contributed by atoms with van der Waals surface area (Å²) < 4.78 is 1.92. The fourth-order valence-corrected chi connectivity index (χ4v) is 2.25. The number of rotatable bonds is 3. The van der Waals surface area contributed by atoms with Gasteiger partial charge in [0.2, 0.25) is 0 Å². The molecule has 98 valence electrons. The fourth-order valence-electron chi connectivity index (χ4n) is 2.25. The molecule has 0 atom stereocenters. The van der Waals surface area contributed by atoms with Gasteiger partial charge in [-0.1, -0.05) is 31.2 Å². The molecule has 0 aliphatic carbocycles. The zero-order valence-corrected chi connectivity index (χ0v) is 11.9. The van der Waals surface area contributed by atoms with Gasteiger partial charge < -0.3 is 0 Å². The molecule has 19 heavy (non-hydrogen) atoms. The van der Waals surface area contributed by atoms with Crippen LogP contribution in [-0.2, 0) is 18.9 Å². The molecule has 0 fully saturated rings. The van der Waals surface area contributed by atoms with Crippen molar-refractivity contribution in [1.29, 1.82) is 5.26 Å². The maximum atomic E-state index is 9.16. The van der Waals surface area contributed by atoms with E-state index in [1.807, 2.05) is 43.9 Å². The van der Waals surface area contributed by atoms with Crippen molar-refractivity contribution in [2.24, 2.45) is 7.05 Å². The normalized spacial score (nSPS) is 11.3. The van der Waals surface area contributed by atoms with E-state index in [0.717, 1.165) is 17.5 Å². The summed E-state index contributed by atoms with van der Waals surface area (Å²) in [5.74, 6) is 0. The third-order valence-corrected chi connectivity index (χ3v) is 3.59. The van der Waals surface area contributed by atoms with Crippen LogP contribution in [0.2, 0.25) is 0 Å². The quantitative estimate of drug-likeness (QED) is 0.840. The lowest BCUT2D eigenvalue weighted by molar-refractivity contribution is 0.687. The van der Waals surface area contributed by atoms with E-state index >= 15 is 0 Å². The van der Waals surface area contributed by atoms with Gasteiger partial charge in [-0.05, 0) is 31.4 Å². The molecular weight excluding hydrogens is 234 g/mol. The highest BCUT2D eigenvalue weighted by Crippen LogP contribution is 2.28. The van der Waals surface area contributed by atoms with Gasteiger partial charge in [-0.3, -0.25) is 4.68 Å². The Balaban J connectivity index is 2.41. The number of benzene rings is 1. The van der Waals surface area contributed by atoms with Crippen molar-refractivity contribution >= 4 is 0 Å². The van der Waals surface area contributed by atoms with Crippen LogP contribution in [-0.4, -0.2) is 9.78 Å². The first-order valence-electron chi connectivity index (χ1n) is 6.52. The molecule has 0 spiro atoms. The number of nitrogens with zero attached hydrogens (tertiary/aromatic N) is 3. The third kappa shape index (κ3) is 2.39. The molecule has 0 aliphatic rings. The van der Waals surface area contributed by atoms with Crippen LogP contribution in [0.15, 0.2) is 30.5 Å². The molecule has 1 heterocycles. The van der Waals surface area contributed by atoms with Crippen LogP contribution in [0.1, 0.15) is 32.0 Å². The highest BCUT2D eigenvalue weighted by molar-refractivity contribution is 5.66. The zero-order valence-electron chi connectivity index (χ0n) is 11.9. The Labute approximate surface area is 114 Å². The summed E-state index contributed by atoms with van der Waals surface area (Å²) in [6, 6.07) is 10.5. The number of hydrogen-bond donors (Lipinski definition) is 0. The number of aryl methyl sites for hydroxylation is 1. The van der Waals surface area contributed by atoms with Crippen molar-refractivity contribution in [2.45, 2.75) is 32.6 Å². The molecule has 3 heteroatoms. The van der Waals surface area contributed by atoms with Crippen LogP contribution in [0.25, 0.3) is 11.1 Å². The first-order chi connectivity index (χ1) is 8.99. The highest BCUT2D eigenvalue weighted by atomic mass is 15.3. The molecular formula is C16H19N3. The summed E-state index contributed by atoms with van der Waals surface area (Å²) >= 11 is 0. The molecule has 1 aromatic heterocycles. The average molecular weight is 253 g/mol. The van der Waals surface area contributed by atoms with Gasteiger partial charge in [-0.2, -0.15) is 10.4 Å². The molecule has 0 radical (unpaired) electrons. The van der Waals surface area contributed by atoms with E-state index in [2.05, 4.69) is 30.2 Å². The maximum Gasteiger partial charge on any atom is 0.0766 e.